The van der Waals surface area contributed by atoms with Gasteiger partial charge >= 0.3 is 0 Å². The Balaban J connectivity index is 1.77. The molecule has 0 saturated heterocycles. The highest BCUT2D eigenvalue weighted by molar-refractivity contribution is 7.17. The van der Waals surface area contributed by atoms with Crippen LogP contribution in [-0.2, 0) is 0 Å². The topological polar surface area (TPSA) is 91.3 Å². The van der Waals surface area contributed by atoms with Gasteiger partial charge in [-0.15, -0.1) is 0 Å². The van der Waals surface area contributed by atoms with E-state index in [1.165, 1.54) is 12.3 Å². The van der Waals surface area contributed by atoms with Crippen LogP contribution in [0.4, 0.5) is 24.0 Å². The molecule has 0 atom stereocenters. The minimum absolute atomic E-state index is 0.0199. The fraction of sp³-hybridized carbons (Fsp3) is 0.105. The molecule has 3 aromatic rings. The summed E-state index contributed by atoms with van der Waals surface area (Å²) in [5.41, 5.74) is 0.690. The van der Waals surface area contributed by atoms with Gasteiger partial charge in [-0.2, -0.15) is 0 Å². The molecule has 0 fully saturated rings. The van der Waals surface area contributed by atoms with E-state index in [9.17, 15) is 27.9 Å². The lowest BCUT2D eigenvalue weighted by molar-refractivity contribution is 0.101. The normalized spacial score (nSPS) is 10.7. The fourth-order valence-electron chi connectivity index (χ4n) is 2.56. The van der Waals surface area contributed by atoms with Crippen LogP contribution in [0.5, 0.6) is 5.75 Å². The first kappa shape index (κ1) is 20.3. The number of carbonyl (C=O) groups is 2. The number of anilines is 2. The molecule has 29 heavy (non-hydrogen) atoms. The predicted molar refractivity (Wildman–Crippen MR) is 102 cm³/mol. The molecule has 1 heterocycles. The monoisotopic (exact) mass is 421 g/mol. The molecule has 0 aliphatic heterocycles. The summed E-state index contributed by atoms with van der Waals surface area (Å²) in [5.74, 6) is -5.55. The van der Waals surface area contributed by atoms with Crippen LogP contribution < -0.4 is 10.6 Å². The number of nitrogens with one attached hydrogen (secondary N) is 2. The van der Waals surface area contributed by atoms with E-state index >= 15 is 0 Å². The molecule has 3 N–H and O–H groups in total. The van der Waals surface area contributed by atoms with E-state index in [0.717, 1.165) is 16.9 Å². The first-order valence-corrected chi connectivity index (χ1v) is 9.01. The van der Waals surface area contributed by atoms with Gasteiger partial charge in [0.2, 0.25) is 0 Å². The number of phenols is 1. The molecule has 0 bridgehead atoms. The number of thiazole rings is 1. The summed E-state index contributed by atoms with van der Waals surface area (Å²) >= 11 is 0.777. The molecular formula is C19H14F3N3O3S. The van der Waals surface area contributed by atoms with Gasteiger partial charge in [-0.25, -0.2) is 18.2 Å². The Morgan fingerprint density at radius 1 is 1.03 bits per heavy atom. The third-order valence-corrected chi connectivity index (χ3v) is 4.98. The highest BCUT2D eigenvalue weighted by Crippen LogP contribution is 2.29. The number of hydrogen-bond acceptors (Lipinski definition) is 5. The summed E-state index contributed by atoms with van der Waals surface area (Å²) < 4.78 is 40.4. The van der Waals surface area contributed by atoms with Crippen molar-refractivity contribution in [2.45, 2.75) is 13.8 Å². The van der Waals surface area contributed by atoms with Gasteiger partial charge in [-0.05, 0) is 25.5 Å². The zero-order valence-electron chi connectivity index (χ0n) is 15.1. The number of carbonyl (C=O) groups excluding carboxylic acids is 2. The van der Waals surface area contributed by atoms with E-state index in [2.05, 4.69) is 15.6 Å². The molecule has 6 nitrogen and oxygen atoms in total. The Kier molecular flexibility index (Phi) is 5.55. The first-order chi connectivity index (χ1) is 13.7. The first-order valence-electron chi connectivity index (χ1n) is 8.19. The molecule has 3 rings (SSSR count). The number of halogens is 3. The Hall–Kier alpha value is -3.40. The van der Waals surface area contributed by atoms with Gasteiger partial charge in [0, 0.05) is 17.7 Å². The molecule has 0 unspecified atom stereocenters. The number of benzene rings is 2. The largest absolute Gasteiger partial charge is 0.508 e. The van der Waals surface area contributed by atoms with E-state index in [1.807, 2.05) is 0 Å². The number of phenolic OH excluding ortho intramolecular Hbond substituents is 1. The van der Waals surface area contributed by atoms with Crippen LogP contribution in [-0.4, -0.2) is 21.9 Å². The van der Waals surface area contributed by atoms with Crippen LogP contribution in [0, 0.1) is 31.3 Å². The summed E-state index contributed by atoms with van der Waals surface area (Å²) in [6.07, 6.45) is 1.18. The smallest absolute Gasteiger partial charge is 0.267 e. The Morgan fingerprint density at radius 2 is 1.69 bits per heavy atom. The molecule has 0 radical (unpaired) electrons. The average Bonchev–Trinajstić information content (AvgIpc) is 3.09. The second-order valence-corrected chi connectivity index (χ2v) is 7.11. The lowest BCUT2D eigenvalue weighted by Gasteiger charge is -2.11. The van der Waals surface area contributed by atoms with Crippen molar-refractivity contribution in [1.29, 1.82) is 0 Å². The zero-order valence-corrected chi connectivity index (χ0v) is 16.0. The van der Waals surface area contributed by atoms with Gasteiger partial charge in [-0.3, -0.25) is 14.9 Å². The number of amides is 2. The molecule has 1 aromatic heterocycles. The maximum atomic E-state index is 13.7. The number of nitrogens with zero attached hydrogens (tertiary/aromatic N) is 1. The van der Waals surface area contributed by atoms with E-state index in [0.29, 0.717) is 23.4 Å². The number of hydrogen-bond donors (Lipinski definition) is 3. The van der Waals surface area contributed by atoms with Crippen LogP contribution in [0.1, 0.15) is 31.2 Å². The minimum atomic E-state index is -1.36. The van der Waals surface area contributed by atoms with E-state index < -0.39 is 34.8 Å². The van der Waals surface area contributed by atoms with Crippen molar-refractivity contribution in [2.24, 2.45) is 0 Å². The summed E-state index contributed by atoms with van der Waals surface area (Å²) in [6.45, 7) is 3.40. The maximum Gasteiger partial charge on any atom is 0.267 e. The lowest BCUT2D eigenvalue weighted by Crippen LogP contribution is -2.16. The van der Waals surface area contributed by atoms with Crippen molar-refractivity contribution in [1.82, 2.24) is 4.98 Å². The summed E-state index contributed by atoms with van der Waals surface area (Å²) in [5, 5.41) is 14.5. The zero-order chi connectivity index (χ0) is 21.3. The molecule has 0 aliphatic rings. The number of aromatic hydroxyl groups is 1. The Morgan fingerprint density at radius 3 is 2.34 bits per heavy atom. The summed E-state index contributed by atoms with van der Waals surface area (Å²) in [7, 11) is 0. The van der Waals surface area contributed by atoms with Gasteiger partial charge in [0.1, 0.15) is 33.6 Å². The molecule has 2 amide bonds. The SMILES string of the molecule is Cc1ccc(O)c(C)c1NC(=O)c1cnc(NC(=O)c2c(F)cc(F)cc2F)s1. The standard InChI is InChI=1S/C19H14F3N3O3S/c1-8-3-4-13(26)9(2)16(8)24-17(27)14-7-23-19(29-14)25-18(28)15-11(21)5-10(20)6-12(15)22/h3-7,26H,1-2H3,(H,24,27)(H,23,25,28). The third-order valence-electron chi connectivity index (χ3n) is 4.07. The number of rotatable bonds is 4. The summed E-state index contributed by atoms with van der Waals surface area (Å²) in [4.78, 5) is 28.5. The van der Waals surface area contributed by atoms with E-state index in [-0.39, 0.29) is 15.8 Å². The van der Waals surface area contributed by atoms with Crippen molar-refractivity contribution < 1.29 is 27.9 Å². The molecule has 10 heteroatoms. The van der Waals surface area contributed by atoms with Crippen LogP contribution >= 0.6 is 11.3 Å². The maximum absolute atomic E-state index is 13.7. The van der Waals surface area contributed by atoms with Gasteiger partial charge in [-0.1, -0.05) is 17.4 Å². The molecule has 2 aromatic carbocycles. The van der Waals surface area contributed by atoms with Crippen LogP contribution in [0.3, 0.4) is 0 Å². The summed E-state index contributed by atoms with van der Waals surface area (Å²) in [6, 6.07) is 3.92. The van der Waals surface area contributed by atoms with Gasteiger partial charge in [0.05, 0.1) is 11.9 Å². The highest BCUT2D eigenvalue weighted by Gasteiger charge is 2.21. The lowest BCUT2D eigenvalue weighted by atomic mass is 10.1. The van der Waals surface area contributed by atoms with E-state index in [4.69, 9.17) is 0 Å². The van der Waals surface area contributed by atoms with Crippen LogP contribution in [0.25, 0.3) is 0 Å². The highest BCUT2D eigenvalue weighted by atomic mass is 32.1. The predicted octanol–water partition coefficient (Wildman–Crippen LogP) is 4.39. The molecular weight excluding hydrogens is 407 g/mol. The van der Waals surface area contributed by atoms with Gasteiger partial charge in [0.15, 0.2) is 5.13 Å². The van der Waals surface area contributed by atoms with Gasteiger partial charge < -0.3 is 10.4 Å². The molecule has 150 valence electrons. The van der Waals surface area contributed by atoms with Gasteiger partial charge in [0.25, 0.3) is 11.8 Å². The van der Waals surface area contributed by atoms with Crippen molar-refractivity contribution in [3.8, 4) is 5.75 Å². The Bertz CT molecular complexity index is 1110. The fourth-order valence-corrected chi connectivity index (χ4v) is 3.27. The second-order valence-electron chi connectivity index (χ2n) is 6.08. The van der Waals surface area contributed by atoms with Crippen molar-refractivity contribution >= 4 is 34.0 Å². The van der Waals surface area contributed by atoms with Crippen LogP contribution in [0.15, 0.2) is 30.5 Å². The number of aryl methyl sites for hydroxylation is 1. The Labute approximate surface area is 167 Å². The van der Waals surface area contributed by atoms with Crippen molar-refractivity contribution in [3.05, 3.63) is 69.5 Å². The molecule has 0 aliphatic carbocycles. The van der Waals surface area contributed by atoms with E-state index in [1.54, 1.807) is 19.9 Å². The quantitative estimate of drug-likeness (QED) is 0.583. The molecule has 0 spiro atoms. The molecule has 0 saturated carbocycles. The second kappa shape index (κ2) is 7.92. The number of aromatic nitrogens is 1. The van der Waals surface area contributed by atoms with Crippen molar-refractivity contribution in [3.63, 3.8) is 0 Å². The van der Waals surface area contributed by atoms with Crippen molar-refractivity contribution in [2.75, 3.05) is 10.6 Å². The van der Waals surface area contributed by atoms with Crippen LogP contribution in [0.2, 0.25) is 0 Å². The average molecular weight is 421 g/mol. The third kappa shape index (κ3) is 4.21. The minimum Gasteiger partial charge on any atom is -0.508 e.